The topological polar surface area (TPSA) is 110 Å². The van der Waals surface area contributed by atoms with Gasteiger partial charge in [-0.3, -0.25) is 9.59 Å². The number of benzene rings is 3. The van der Waals surface area contributed by atoms with E-state index in [9.17, 15) is 22.4 Å². The van der Waals surface area contributed by atoms with Crippen molar-refractivity contribution in [1.29, 1.82) is 0 Å². The van der Waals surface area contributed by atoms with Crippen LogP contribution < -0.4 is 10.3 Å². The van der Waals surface area contributed by atoms with Crippen molar-refractivity contribution in [2.45, 2.75) is 44.1 Å². The van der Waals surface area contributed by atoms with E-state index in [0.29, 0.717) is 35.7 Å². The number of pyridine rings is 1. The largest absolute Gasteiger partial charge is 0.375 e. The van der Waals surface area contributed by atoms with Gasteiger partial charge in [0.2, 0.25) is 10.0 Å². The molecule has 0 spiro atoms. The molecule has 10 heteroatoms. The molecular formula is C34H32FN3O5S. The van der Waals surface area contributed by atoms with Crippen molar-refractivity contribution in [2.24, 2.45) is 0 Å². The molecule has 8 nitrogen and oxygen atoms in total. The van der Waals surface area contributed by atoms with Crippen LogP contribution >= 0.6 is 0 Å². The molecule has 0 bridgehead atoms. The Labute approximate surface area is 254 Å². The lowest BCUT2D eigenvalue weighted by Gasteiger charge is -2.19. The summed E-state index contributed by atoms with van der Waals surface area (Å²) >= 11 is 0. The van der Waals surface area contributed by atoms with Crippen molar-refractivity contribution in [3.05, 3.63) is 130 Å². The molecule has 2 heterocycles. The van der Waals surface area contributed by atoms with Gasteiger partial charge in [0.05, 0.1) is 19.8 Å². The number of aryl methyl sites for hydroxylation is 1. The van der Waals surface area contributed by atoms with Crippen molar-refractivity contribution in [3.63, 3.8) is 0 Å². The van der Waals surface area contributed by atoms with E-state index in [1.165, 1.54) is 12.3 Å². The summed E-state index contributed by atoms with van der Waals surface area (Å²) in [6.07, 6.45) is 2.86. The molecule has 6 rings (SSSR count). The van der Waals surface area contributed by atoms with E-state index in [0.717, 1.165) is 11.1 Å². The van der Waals surface area contributed by atoms with Crippen LogP contribution in [0.1, 0.15) is 46.9 Å². The van der Waals surface area contributed by atoms with Gasteiger partial charge in [0.1, 0.15) is 16.3 Å². The highest BCUT2D eigenvalue weighted by atomic mass is 32.2. The lowest BCUT2D eigenvalue weighted by molar-refractivity contribution is 0.0969. The number of aromatic amines is 1. The van der Waals surface area contributed by atoms with Crippen molar-refractivity contribution in [3.8, 4) is 11.1 Å². The number of nitrogens with one attached hydrogen (secondary N) is 2. The van der Waals surface area contributed by atoms with E-state index in [1.54, 1.807) is 34.9 Å². The molecule has 2 aromatic heterocycles. The lowest BCUT2D eigenvalue weighted by Crippen LogP contribution is -2.43. The number of carbonyl (C=O) groups excluding carboxylic acids is 1. The van der Waals surface area contributed by atoms with Crippen LogP contribution in [-0.4, -0.2) is 35.2 Å². The first-order valence-electron chi connectivity index (χ1n) is 14.5. The normalized spacial score (nSPS) is 14.0. The maximum Gasteiger partial charge on any atom is 0.282 e. The molecule has 1 aliphatic rings. The fourth-order valence-corrected chi connectivity index (χ4v) is 6.98. The summed E-state index contributed by atoms with van der Waals surface area (Å²) in [7, 11) is -4.21. The Morgan fingerprint density at radius 1 is 1.00 bits per heavy atom. The zero-order valence-corrected chi connectivity index (χ0v) is 25.0. The Bertz CT molecular complexity index is 2010. The first-order chi connectivity index (χ1) is 21.2. The van der Waals surface area contributed by atoms with E-state index in [2.05, 4.69) is 9.71 Å². The second-order valence-electron chi connectivity index (χ2n) is 11.1. The molecule has 1 aliphatic carbocycles. The third-order valence-electron chi connectivity index (χ3n) is 8.21. The van der Waals surface area contributed by atoms with E-state index in [-0.39, 0.29) is 36.6 Å². The number of nitrogens with zero attached hydrogens (tertiary/aromatic N) is 1. The average molecular weight is 614 g/mol. The molecule has 5 aromatic rings. The number of carbonyl (C=O) groups is 1. The molecule has 1 amide bonds. The Hall–Kier alpha value is -4.54. The number of sulfonamides is 1. The summed E-state index contributed by atoms with van der Waals surface area (Å²) in [5.74, 6) is -1.37. The predicted molar refractivity (Wildman–Crippen MR) is 167 cm³/mol. The molecule has 0 saturated heterocycles. The third-order valence-corrected chi connectivity index (χ3v) is 10.3. The van der Waals surface area contributed by atoms with Gasteiger partial charge in [-0.1, -0.05) is 61.5 Å². The Morgan fingerprint density at radius 2 is 1.75 bits per heavy atom. The van der Waals surface area contributed by atoms with Crippen LogP contribution in [0, 0.1) is 5.82 Å². The molecule has 3 aromatic carbocycles. The van der Waals surface area contributed by atoms with Crippen LogP contribution in [0.3, 0.4) is 0 Å². The molecule has 44 heavy (non-hydrogen) atoms. The molecular weight excluding hydrogens is 581 g/mol. The van der Waals surface area contributed by atoms with Crippen LogP contribution in [0.25, 0.3) is 22.0 Å². The first kappa shape index (κ1) is 29.5. The number of hydrogen-bond acceptors (Lipinski definition) is 5. The van der Waals surface area contributed by atoms with Crippen molar-refractivity contribution in [2.75, 3.05) is 6.61 Å². The van der Waals surface area contributed by atoms with Gasteiger partial charge in [-0.2, -0.15) is 0 Å². The van der Waals surface area contributed by atoms with E-state index in [4.69, 9.17) is 4.74 Å². The maximum atomic E-state index is 14.9. The minimum absolute atomic E-state index is 0.0437. The smallest absolute Gasteiger partial charge is 0.282 e. The Kier molecular flexibility index (Phi) is 7.96. The molecule has 0 atom stereocenters. The van der Waals surface area contributed by atoms with Crippen LogP contribution in [0.5, 0.6) is 0 Å². The monoisotopic (exact) mass is 613 g/mol. The molecule has 226 valence electrons. The number of fused-ring (bicyclic) bond motifs is 1. The summed E-state index contributed by atoms with van der Waals surface area (Å²) in [5.41, 5.74) is 2.75. The van der Waals surface area contributed by atoms with Crippen LogP contribution in [0.15, 0.2) is 95.9 Å². The SMILES string of the molecule is CCc1ccc2c(c1)c(-c1ccc[nH]c1=O)c(C(=O)NS(=O)(=O)C1(COCc3ccccc3)CC1)n2Cc1ccccc1F. The summed E-state index contributed by atoms with van der Waals surface area (Å²) in [4.78, 5) is 30.0. The minimum Gasteiger partial charge on any atom is -0.375 e. The number of halogens is 1. The first-order valence-corrected chi connectivity index (χ1v) is 16.0. The highest BCUT2D eigenvalue weighted by molar-refractivity contribution is 7.91. The van der Waals surface area contributed by atoms with Crippen molar-refractivity contribution in [1.82, 2.24) is 14.3 Å². The van der Waals surface area contributed by atoms with Crippen molar-refractivity contribution < 1.29 is 22.3 Å². The summed E-state index contributed by atoms with van der Waals surface area (Å²) in [6.45, 7) is 2.09. The van der Waals surface area contributed by atoms with Gasteiger partial charge < -0.3 is 14.3 Å². The van der Waals surface area contributed by atoms with Gasteiger partial charge in [0.15, 0.2) is 0 Å². The highest BCUT2D eigenvalue weighted by Crippen LogP contribution is 2.44. The van der Waals surface area contributed by atoms with Gasteiger partial charge >= 0.3 is 0 Å². The second-order valence-corrected chi connectivity index (χ2v) is 13.2. The number of amides is 1. The van der Waals surface area contributed by atoms with Crippen LogP contribution in [0.4, 0.5) is 4.39 Å². The molecule has 0 aliphatic heterocycles. The Morgan fingerprint density at radius 3 is 2.45 bits per heavy atom. The minimum atomic E-state index is -4.21. The van der Waals surface area contributed by atoms with Gasteiger partial charge in [-0.15, -0.1) is 0 Å². The standard InChI is InChI=1S/C34H32FN3O5S/c1-2-23-14-15-29-27(19-23)30(26-12-8-18-36-32(26)39)31(38(29)20-25-11-6-7-13-28(25)35)33(40)37-44(41,42)34(16-17-34)22-43-21-24-9-4-3-5-10-24/h3-15,18-19H,2,16-17,20-22H2,1H3,(H,36,39)(H,37,40). The highest BCUT2D eigenvalue weighted by Gasteiger charge is 2.56. The number of hydrogen-bond donors (Lipinski definition) is 2. The van der Waals surface area contributed by atoms with Crippen LogP contribution in [0.2, 0.25) is 0 Å². The molecule has 2 N–H and O–H groups in total. The molecule has 0 radical (unpaired) electrons. The zero-order chi connectivity index (χ0) is 30.9. The second kappa shape index (κ2) is 11.9. The molecule has 0 unspecified atom stereocenters. The fraction of sp³-hybridized carbons (Fsp3) is 0.235. The summed E-state index contributed by atoms with van der Waals surface area (Å²) in [6, 6.07) is 24.5. The average Bonchev–Trinajstić information content (AvgIpc) is 3.76. The number of rotatable bonds is 11. The van der Waals surface area contributed by atoms with Gasteiger partial charge in [-0.25, -0.2) is 17.5 Å². The maximum absolute atomic E-state index is 14.9. The Balaban J connectivity index is 1.44. The number of H-pyrrole nitrogens is 1. The van der Waals surface area contributed by atoms with E-state index in [1.807, 2.05) is 55.5 Å². The van der Waals surface area contributed by atoms with Crippen LogP contribution in [-0.2, 0) is 34.3 Å². The fourth-order valence-electron chi connectivity index (χ4n) is 5.55. The number of ether oxygens (including phenoxy) is 1. The molecule has 1 fully saturated rings. The number of aromatic nitrogens is 2. The quantitative estimate of drug-likeness (QED) is 0.203. The third kappa shape index (κ3) is 5.58. The zero-order valence-electron chi connectivity index (χ0n) is 24.2. The lowest BCUT2D eigenvalue weighted by atomic mass is 10.0. The predicted octanol–water partition coefficient (Wildman–Crippen LogP) is 5.56. The van der Waals surface area contributed by atoms with Gasteiger partial charge in [0, 0.05) is 33.8 Å². The summed E-state index contributed by atoms with van der Waals surface area (Å²) < 4.78 is 50.9. The molecule has 1 saturated carbocycles. The van der Waals surface area contributed by atoms with Gasteiger partial charge in [0.25, 0.3) is 11.5 Å². The van der Waals surface area contributed by atoms with Crippen molar-refractivity contribution >= 4 is 26.8 Å². The summed E-state index contributed by atoms with van der Waals surface area (Å²) in [5, 5.41) is 0.590. The van der Waals surface area contributed by atoms with E-state index < -0.39 is 32.1 Å². The van der Waals surface area contributed by atoms with E-state index >= 15 is 0 Å². The van der Waals surface area contributed by atoms with Gasteiger partial charge in [-0.05, 0) is 60.7 Å².